The monoisotopic (exact) mass is 270 g/mol. The molecule has 0 spiro atoms. The van der Waals surface area contributed by atoms with Crippen LogP contribution in [0.5, 0.6) is 0 Å². The summed E-state index contributed by atoms with van der Waals surface area (Å²) in [5.41, 5.74) is 1.87. The standard InChI is InChI=1S/C17H18O3/c1-3-17(2)9-8-13-15(19)14(18)11-6-4-5-7-12(11)16(13)20-10-17/h4-7H,3,8-10H2,1-2H3. The highest BCUT2D eigenvalue weighted by Crippen LogP contribution is 2.40. The molecule has 1 aliphatic heterocycles. The third-order valence-electron chi connectivity index (χ3n) is 4.57. The van der Waals surface area contributed by atoms with Crippen LogP contribution in [0.4, 0.5) is 0 Å². The molecular formula is C17H18O3. The summed E-state index contributed by atoms with van der Waals surface area (Å²) >= 11 is 0. The van der Waals surface area contributed by atoms with Gasteiger partial charge in [-0.05, 0) is 19.3 Å². The molecule has 0 aromatic heterocycles. The Labute approximate surface area is 118 Å². The van der Waals surface area contributed by atoms with Gasteiger partial charge in [0.05, 0.1) is 6.61 Å². The van der Waals surface area contributed by atoms with E-state index in [2.05, 4.69) is 13.8 Å². The molecule has 0 radical (unpaired) electrons. The maximum Gasteiger partial charge on any atom is 0.234 e. The largest absolute Gasteiger partial charge is 0.492 e. The maximum absolute atomic E-state index is 12.3. The van der Waals surface area contributed by atoms with Crippen molar-refractivity contribution in [1.29, 1.82) is 0 Å². The Kier molecular flexibility index (Phi) is 3.00. The fourth-order valence-corrected chi connectivity index (χ4v) is 2.82. The molecule has 3 rings (SSSR count). The lowest BCUT2D eigenvalue weighted by atomic mass is 9.81. The van der Waals surface area contributed by atoms with Gasteiger partial charge < -0.3 is 4.74 Å². The van der Waals surface area contributed by atoms with Crippen LogP contribution >= 0.6 is 0 Å². The van der Waals surface area contributed by atoms with Gasteiger partial charge >= 0.3 is 0 Å². The molecule has 20 heavy (non-hydrogen) atoms. The molecule has 0 N–H and O–H groups in total. The van der Waals surface area contributed by atoms with Crippen molar-refractivity contribution in [3.05, 3.63) is 41.0 Å². The van der Waals surface area contributed by atoms with Crippen molar-refractivity contribution >= 4 is 17.3 Å². The summed E-state index contributed by atoms with van der Waals surface area (Å²) in [5, 5.41) is 0. The molecular weight excluding hydrogens is 252 g/mol. The Morgan fingerprint density at radius 2 is 1.85 bits per heavy atom. The smallest absolute Gasteiger partial charge is 0.234 e. The summed E-state index contributed by atoms with van der Waals surface area (Å²) in [6.45, 7) is 4.90. The fourth-order valence-electron chi connectivity index (χ4n) is 2.82. The second kappa shape index (κ2) is 4.58. The van der Waals surface area contributed by atoms with Crippen molar-refractivity contribution < 1.29 is 14.3 Å². The second-order valence-electron chi connectivity index (χ2n) is 5.96. The summed E-state index contributed by atoms with van der Waals surface area (Å²) in [4.78, 5) is 24.5. The van der Waals surface area contributed by atoms with Gasteiger partial charge in [-0.15, -0.1) is 0 Å². The zero-order chi connectivity index (χ0) is 14.3. The first-order chi connectivity index (χ1) is 9.56. The average molecular weight is 270 g/mol. The molecule has 0 saturated carbocycles. The van der Waals surface area contributed by atoms with Crippen LogP contribution in [-0.2, 0) is 9.53 Å². The number of carbonyl (C=O) groups is 2. The lowest BCUT2D eigenvalue weighted by Crippen LogP contribution is -2.24. The van der Waals surface area contributed by atoms with Gasteiger partial charge in [-0.1, -0.05) is 38.1 Å². The topological polar surface area (TPSA) is 43.4 Å². The van der Waals surface area contributed by atoms with Gasteiger partial charge in [-0.3, -0.25) is 9.59 Å². The molecule has 1 aromatic rings. The summed E-state index contributed by atoms with van der Waals surface area (Å²) in [5.74, 6) is -0.163. The number of carbonyl (C=O) groups excluding carboxylic acids is 2. The molecule has 0 amide bonds. The Balaban J connectivity index is 2.10. The van der Waals surface area contributed by atoms with E-state index in [9.17, 15) is 9.59 Å². The van der Waals surface area contributed by atoms with E-state index in [0.717, 1.165) is 18.4 Å². The maximum atomic E-state index is 12.3. The SMILES string of the molecule is CCC1(C)CCC2=C(OC1)c1ccccc1C(=O)C2=O. The quantitative estimate of drug-likeness (QED) is 0.735. The van der Waals surface area contributed by atoms with E-state index in [4.69, 9.17) is 4.74 Å². The van der Waals surface area contributed by atoms with E-state index in [1.807, 2.05) is 12.1 Å². The first kappa shape index (κ1) is 13.1. The number of allylic oxidation sites excluding steroid dienone is 1. The number of hydrogen-bond donors (Lipinski definition) is 0. The van der Waals surface area contributed by atoms with E-state index in [1.165, 1.54) is 0 Å². The Morgan fingerprint density at radius 1 is 1.15 bits per heavy atom. The minimum atomic E-state index is -0.400. The molecule has 0 fully saturated rings. The van der Waals surface area contributed by atoms with E-state index >= 15 is 0 Å². The van der Waals surface area contributed by atoms with Crippen LogP contribution in [0.25, 0.3) is 5.76 Å². The van der Waals surface area contributed by atoms with Crippen molar-refractivity contribution in [2.45, 2.75) is 33.1 Å². The van der Waals surface area contributed by atoms with E-state index in [1.54, 1.807) is 12.1 Å². The second-order valence-corrected chi connectivity index (χ2v) is 5.96. The van der Waals surface area contributed by atoms with Gasteiger partial charge in [0, 0.05) is 22.1 Å². The number of hydrogen-bond acceptors (Lipinski definition) is 3. The summed E-state index contributed by atoms with van der Waals surface area (Å²) < 4.78 is 5.97. The molecule has 1 aromatic carbocycles. The predicted molar refractivity (Wildman–Crippen MR) is 76.3 cm³/mol. The number of Topliss-reactive ketones (excluding diaryl/α,β-unsaturated/α-hetero) is 2. The Morgan fingerprint density at radius 3 is 2.55 bits per heavy atom. The summed E-state index contributed by atoms with van der Waals surface area (Å²) in [6.07, 6.45) is 2.50. The minimum Gasteiger partial charge on any atom is -0.492 e. The van der Waals surface area contributed by atoms with Gasteiger partial charge in [0.1, 0.15) is 5.76 Å². The van der Waals surface area contributed by atoms with Crippen molar-refractivity contribution in [3.8, 4) is 0 Å². The van der Waals surface area contributed by atoms with Gasteiger partial charge in [0.25, 0.3) is 0 Å². The van der Waals surface area contributed by atoms with Crippen LogP contribution in [0.15, 0.2) is 29.8 Å². The number of fused-ring (bicyclic) bond motifs is 2. The molecule has 3 heteroatoms. The van der Waals surface area contributed by atoms with Crippen molar-refractivity contribution in [2.75, 3.05) is 6.61 Å². The fraction of sp³-hybridized carbons (Fsp3) is 0.412. The lowest BCUT2D eigenvalue weighted by molar-refractivity contribution is -0.112. The van der Waals surface area contributed by atoms with E-state index < -0.39 is 5.78 Å². The average Bonchev–Trinajstić information content (AvgIpc) is 2.65. The summed E-state index contributed by atoms with van der Waals surface area (Å²) in [7, 11) is 0. The molecule has 1 unspecified atom stereocenters. The van der Waals surface area contributed by atoms with Crippen LogP contribution in [-0.4, -0.2) is 18.2 Å². The minimum absolute atomic E-state index is 0.0651. The third kappa shape index (κ3) is 1.89. The molecule has 3 nitrogen and oxygen atoms in total. The molecule has 0 saturated heterocycles. The number of rotatable bonds is 1. The Hall–Kier alpha value is -1.90. The molecule has 104 valence electrons. The predicted octanol–water partition coefficient (Wildman–Crippen LogP) is 3.39. The van der Waals surface area contributed by atoms with Gasteiger partial charge in [-0.25, -0.2) is 0 Å². The first-order valence-electron chi connectivity index (χ1n) is 7.10. The van der Waals surface area contributed by atoms with Crippen molar-refractivity contribution in [3.63, 3.8) is 0 Å². The lowest BCUT2D eigenvalue weighted by Gasteiger charge is -2.26. The van der Waals surface area contributed by atoms with Gasteiger partial charge in [0.15, 0.2) is 0 Å². The molecule has 0 bridgehead atoms. The normalized spacial score (nSPS) is 25.7. The third-order valence-corrected chi connectivity index (χ3v) is 4.57. The highest BCUT2D eigenvalue weighted by Gasteiger charge is 2.37. The zero-order valence-corrected chi connectivity index (χ0v) is 11.9. The van der Waals surface area contributed by atoms with Crippen molar-refractivity contribution in [2.24, 2.45) is 5.41 Å². The first-order valence-corrected chi connectivity index (χ1v) is 7.10. The number of benzene rings is 1. The highest BCUT2D eigenvalue weighted by molar-refractivity contribution is 6.52. The van der Waals surface area contributed by atoms with E-state index in [0.29, 0.717) is 29.9 Å². The zero-order valence-electron chi connectivity index (χ0n) is 11.9. The van der Waals surface area contributed by atoms with Crippen molar-refractivity contribution in [1.82, 2.24) is 0 Å². The number of ketones is 2. The Bertz CT molecular complexity index is 627. The van der Waals surface area contributed by atoms with Crippen LogP contribution in [0.2, 0.25) is 0 Å². The van der Waals surface area contributed by atoms with Crippen LogP contribution in [0.3, 0.4) is 0 Å². The van der Waals surface area contributed by atoms with Crippen LogP contribution in [0.1, 0.15) is 49.0 Å². The molecule has 2 aliphatic rings. The van der Waals surface area contributed by atoms with Crippen LogP contribution < -0.4 is 0 Å². The molecule has 1 atom stereocenters. The highest BCUT2D eigenvalue weighted by atomic mass is 16.5. The molecule has 1 heterocycles. The van der Waals surface area contributed by atoms with Gasteiger partial charge in [-0.2, -0.15) is 0 Å². The van der Waals surface area contributed by atoms with Gasteiger partial charge in [0.2, 0.25) is 11.6 Å². The van der Waals surface area contributed by atoms with E-state index in [-0.39, 0.29) is 11.2 Å². The number of ether oxygens (including phenoxy) is 1. The summed E-state index contributed by atoms with van der Waals surface area (Å²) in [6, 6.07) is 7.22. The van der Waals surface area contributed by atoms with Crippen LogP contribution in [0, 0.1) is 5.41 Å². The molecule has 1 aliphatic carbocycles.